The van der Waals surface area contributed by atoms with Crippen LogP contribution in [0.15, 0.2) is 0 Å². The van der Waals surface area contributed by atoms with E-state index in [0.29, 0.717) is 0 Å². The lowest BCUT2D eigenvalue weighted by Gasteiger charge is -2.19. The third-order valence-corrected chi connectivity index (χ3v) is 3.61. The smallest absolute Gasteiger partial charge is 0.411 e. The molecule has 1 aliphatic carbocycles. The minimum absolute atomic E-state index is 0.148. The summed E-state index contributed by atoms with van der Waals surface area (Å²) in [4.78, 5) is 0. The Kier molecular flexibility index (Phi) is 4.51. The predicted octanol–water partition coefficient (Wildman–Crippen LogP) is 3.27. The predicted molar refractivity (Wildman–Crippen MR) is 62.9 cm³/mol. The summed E-state index contributed by atoms with van der Waals surface area (Å²) in [6, 6.07) is 0. The maximum absolute atomic E-state index is 5.64. The molecule has 2 aliphatic rings. The van der Waals surface area contributed by atoms with Crippen LogP contribution in [0, 0.1) is 5.92 Å². The van der Waals surface area contributed by atoms with Crippen molar-refractivity contribution >= 4 is 7.12 Å². The van der Waals surface area contributed by atoms with Crippen LogP contribution >= 0.6 is 0 Å². The largest absolute Gasteiger partial charge is 0.460 e. The topological polar surface area (TPSA) is 18.5 Å². The molecule has 0 spiro atoms. The summed E-state index contributed by atoms with van der Waals surface area (Å²) in [5, 5.41) is 0. The molecule has 1 saturated heterocycles. The fraction of sp³-hybridized carbons (Fsp3) is 1.00. The Labute approximate surface area is 93.9 Å². The number of hydrogen-bond donors (Lipinski definition) is 0. The summed E-state index contributed by atoms with van der Waals surface area (Å²) in [7, 11) is 0.148. The van der Waals surface area contributed by atoms with Gasteiger partial charge in [0.15, 0.2) is 0 Å². The molecule has 0 unspecified atom stereocenters. The molecule has 2 rings (SSSR count). The highest BCUT2D eigenvalue weighted by atomic mass is 16.6. The van der Waals surface area contributed by atoms with Gasteiger partial charge in [-0.2, -0.15) is 0 Å². The van der Waals surface area contributed by atoms with Gasteiger partial charge in [-0.25, -0.2) is 0 Å². The Morgan fingerprint density at radius 2 is 1.93 bits per heavy atom. The second-order valence-corrected chi connectivity index (χ2v) is 4.97. The minimum atomic E-state index is 0.148. The van der Waals surface area contributed by atoms with Gasteiger partial charge in [-0.15, -0.1) is 0 Å². The molecule has 1 saturated carbocycles. The Morgan fingerprint density at radius 3 is 2.67 bits per heavy atom. The van der Waals surface area contributed by atoms with Crippen LogP contribution in [0.4, 0.5) is 0 Å². The van der Waals surface area contributed by atoms with Gasteiger partial charge in [-0.05, 0) is 24.6 Å². The van der Waals surface area contributed by atoms with E-state index in [-0.39, 0.29) is 7.12 Å². The van der Waals surface area contributed by atoms with Crippen molar-refractivity contribution in [1.29, 1.82) is 0 Å². The van der Waals surface area contributed by atoms with E-state index in [1.54, 1.807) is 0 Å². The van der Waals surface area contributed by atoms with Crippen LogP contribution in [0.3, 0.4) is 0 Å². The number of hydrogen-bond acceptors (Lipinski definition) is 2. The molecule has 1 heterocycles. The molecule has 86 valence electrons. The highest BCUT2D eigenvalue weighted by Gasteiger charge is 2.48. The SMILES string of the molecule is CCCCCC[C@@H]1C[C@H]1B1OCCCO1. The van der Waals surface area contributed by atoms with E-state index < -0.39 is 0 Å². The minimum Gasteiger partial charge on any atom is -0.411 e. The number of rotatable bonds is 6. The Bertz CT molecular complexity index is 180. The van der Waals surface area contributed by atoms with Crippen molar-refractivity contribution in [3.05, 3.63) is 0 Å². The molecule has 0 aromatic heterocycles. The van der Waals surface area contributed by atoms with Gasteiger partial charge >= 0.3 is 7.12 Å². The van der Waals surface area contributed by atoms with Crippen LogP contribution in [-0.4, -0.2) is 20.3 Å². The highest BCUT2D eigenvalue weighted by molar-refractivity contribution is 6.47. The van der Waals surface area contributed by atoms with Crippen molar-refractivity contribution in [2.75, 3.05) is 13.2 Å². The fourth-order valence-corrected chi connectivity index (χ4v) is 2.52. The lowest BCUT2D eigenvalue weighted by Crippen LogP contribution is -2.30. The van der Waals surface area contributed by atoms with Crippen LogP contribution in [0.5, 0.6) is 0 Å². The average Bonchev–Trinajstić information content (AvgIpc) is 3.05. The Hall–Kier alpha value is -0.0151. The third-order valence-electron chi connectivity index (χ3n) is 3.61. The normalized spacial score (nSPS) is 30.6. The van der Waals surface area contributed by atoms with Gasteiger partial charge in [-0.3, -0.25) is 0 Å². The molecular formula is C12H23BO2. The molecule has 0 N–H and O–H groups in total. The van der Waals surface area contributed by atoms with Crippen molar-refractivity contribution < 1.29 is 9.31 Å². The molecule has 0 aromatic carbocycles. The van der Waals surface area contributed by atoms with E-state index in [4.69, 9.17) is 9.31 Å². The molecule has 3 heteroatoms. The van der Waals surface area contributed by atoms with E-state index in [1.165, 1.54) is 38.5 Å². The van der Waals surface area contributed by atoms with Crippen LogP contribution < -0.4 is 0 Å². The summed E-state index contributed by atoms with van der Waals surface area (Å²) in [5.41, 5.74) is 0. The summed E-state index contributed by atoms with van der Waals surface area (Å²) in [5.74, 6) is 1.64. The molecular weight excluding hydrogens is 187 g/mol. The lowest BCUT2D eigenvalue weighted by atomic mass is 9.79. The standard InChI is InChI=1S/C12H23BO2/c1-2-3-4-5-7-11-10-12(11)13-14-8-6-9-15-13/h11-12H,2-10H2,1H3/t11-,12-/m1/s1. The Morgan fingerprint density at radius 1 is 1.13 bits per heavy atom. The van der Waals surface area contributed by atoms with E-state index in [1.807, 2.05) is 0 Å². The van der Waals surface area contributed by atoms with Gasteiger partial charge in [0.2, 0.25) is 0 Å². The van der Waals surface area contributed by atoms with E-state index >= 15 is 0 Å². The first kappa shape index (κ1) is 11.5. The monoisotopic (exact) mass is 210 g/mol. The molecule has 0 radical (unpaired) electrons. The molecule has 0 amide bonds. The van der Waals surface area contributed by atoms with Crippen molar-refractivity contribution in [3.8, 4) is 0 Å². The van der Waals surface area contributed by atoms with Crippen molar-refractivity contribution in [1.82, 2.24) is 0 Å². The zero-order chi connectivity index (χ0) is 10.5. The van der Waals surface area contributed by atoms with Gasteiger partial charge in [0.25, 0.3) is 0 Å². The van der Waals surface area contributed by atoms with E-state index in [9.17, 15) is 0 Å². The first-order valence-corrected chi connectivity index (χ1v) is 6.65. The summed E-state index contributed by atoms with van der Waals surface area (Å²) < 4.78 is 11.3. The van der Waals surface area contributed by atoms with E-state index in [2.05, 4.69) is 6.92 Å². The molecule has 2 nitrogen and oxygen atoms in total. The van der Waals surface area contributed by atoms with Crippen molar-refractivity contribution in [2.24, 2.45) is 5.92 Å². The second-order valence-electron chi connectivity index (χ2n) is 4.97. The second kappa shape index (κ2) is 5.90. The number of unbranched alkanes of at least 4 members (excludes halogenated alkanes) is 3. The average molecular weight is 210 g/mol. The van der Waals surface area contributed by atoms with Crippen LogP contribution in [0.1, 0.15) is 51.9 Å². The molecule has 15 heavy (non-hydrogen) atoms. The third kappa shape index (κ3) is 3.49. The molecule has 0 aromatic rings. The van der Waals surface area contributed by atoms with Crippen molar-refractivity contribution in [3.63, 3.8) is 0 Å². The molecule has 2 fully saturated rings. The zero-order valence-corrected chi connectivity index (χ0v) is 9.91. The van der Waals surface area contributed by atoms with E-state index in [0.717, 1.165) is 31.4 Å². The van der Waals surface area contributed by atoms with Crippen LogP contribution in [0.2, 0.25) is 5.82 Å². The van der Waals surface area contributed by atoms with Crippen LogP contribution in [0.25, 0.3) is 0 Å². The molecule has 1 aliphatic heterocycles. The fourth-order valence-electron chi connectivity index (χ4n) is 2.52. The lowest BCUT2D eigenvalue weighted by molar-refractivity contribution is 0.132. The first-order chi connectivity index (χ1) is 7.42. The maximum atomic E-state index is 5.64. The van der Waals surface area contributed by atoms with Crippen LogP contribution in [-0.2, 0) is 9.31 Å². The van der Waals surface area contributed by atoms with Gasteiger partial charge in [0, 0.05) is 13.2 Å². The van der Waals surface area contributed by atoms with Gasteiger partial charge in [0.1, 0.15) is 0 Å². The Balaban J connectivity index is 1.55. The van der Waals surface area contributed by atoms with Crippen molar-refractivity contribution in [2.45, 2.75) is 57.7 Å². The van der Waals surface area contributed by atoms with Gasteiger partial charge in [-0.1, -0.05) is 39.0 Å². The molecule has 0 bridgehead atoms. The summed E-state index contributed by atoms with van der Waals surface area (Å²) in [6.07, 6.45) is 9.36. The quantitative estimate of drug-likeness (QED) is 0.494. The van der Waals surface area contributed by atoms with Gasteiger partial charge in [0.05, 0.1) is 0 Å². The molecule has 2 atom stereocenters. The summed E-state index contributed by atoms with van der Waals surface area (Å²) in [6.45, 7) is 4.08. The first-order valence-electron chi connectivity index (χ1n) is 6.65. The maximum Gasteiger partial charge on any atom is 0.460 e. The zero-order valence-electron chi connectivity index (χ0n) is 9.91. The highest BCUT2D eigenvalue weighted by Crippen LogP contribution is 2.51. The summed E-state index contributed by atoms with van der Waals surface area (Å²) >= 11 is 0. The van der Waals surface area contributed by atoms with Gasteiger partial charge < -0.3 is 9.31 Å².